The van der Waals surface area contributed by atoms with Crippen molar-refractivity contribution >= 4 is 15.7 Å². The second-order valence-corrected chi connectivity index (χ2v) is 7.58. The largest absolute Gasteiger partial charge is 0.270 e. The lowest BCUT2D eigenvalue weighted by Crippen LogP contribution is -2.36. The molecule has 3 rings (SSSR count). The van der Waals surface area contributed by atoms with E-state index in [2.05, 4.69) is 6.07 Å². The van der Waals surface area contributed by atoms with Crippen LogP contribution < -0.4 is 4.31 Å². The first-order valence-corrected chi connectivity index (χ1v) is 8.91. The summed E-state index contributed by atoms with van der Waals surface area (Å²) in [5, 5.41) is 0. The average Bonchev–Trinajstić information content (AvgIpc) is 2.48. The van der Waals surface area contributed by atoms with E-state index in [0.29, 0.717) is 12.1 Å². The average molecular weight is 319 g/mol. The molecule has 0 unspecified atom stereocenters. The summed E-state index contributed by atoms with van der Waals surface area (Å²) >= 11 is 0. The molecule has 0 aromatic heterocycles. The zero-order valence-electron chi connectivity index (χ0n) is 12.4. The molecule has 3 nitrogen and oxygen atoms in total. The number of rotatable bonds is 3. The van der Waals surface area contributed by atoms with Gasteiger partial charge >= 0.3 is 0 Å². The lowest BCUT2D eigenvalue weighted by molar-refractivity contribution is 0.585. The lowest BCUT2D eigenvalue weighted by Gasteiger charge is -2.30. The van der Waals surface area contributed by atoms with Gasteiger partial charge in [-0.1, -0.05) is 29.8 Å². The van der Waals surface area contributed by atoms with Crippen molar-refractivity contribution in [1.29, 1.82) is 0 Å². The van der Waals surface area contributed by atoms with E-state index in [1.807, 2.05) is 19.1 Å². The van der Waals surface area contributed by atoms with Crippen molar-refractivity contribution in [3.05, 3.63) is 65.0 Å². The molecule has 2 aromatic rings. The molecule has 2 aromatic carbocycles. The van der Waals surface area contributed by atoms with Gasteiger partial charge in [0.2, 0.25) is 10.0 Å². The molecule has 116 valence electrons. The molecule has 1 heterocycles. The fourth-order valence-corrected chi connectivity index (χ4v) is 4.50. The Kier molecular flexibility index (Phi) is 3.91. The highest BCUT2D eigenvalue weighted by Crippen LogP contribution is 2.31. The molecule has 0 saturated carbocycles. The van der Waals surface area contributed by atoms with Crippen LogP contribution >= 0.6 is 0 Å². The fraction of sp³-hybridized carbons (Fsp3) is 0.294. The first kappa shape index (κ1) is 15.0. The molecule has 0 saturated heterocycles. The number of sulfonamides is 1. The zero-order chi connectivity index (χ0) is 15.7. The Morgan fingerprint density at radius 2 is 1.86 bits per heavy atom. The van der Waals surface area contributed by atoms with Gasteiger partial charge in [0, 0.05) is 6.54 Å². The number of halogens is 1. The van der Waals surface area contributed by atoms with Crippen LogP contribution in [0, 0.1) is 12.7 Å². The summed E-state index contributed by atoms with van der Waals surface area (Å²) in [6, 6.07) is 11.5. The molecule has 0 bridgehead atoms. The number of aryl methyl sites for hydroxylation is 2. The molecule has 0 spiro atoms. The molecule has 0 amide bonds. The van der Waals surface area contributed by atoms with Gasteiger partial charge in [0.25, 0.3) is 0 Å². The van der Waals surface area contributed by atoms with Crippen LogP contribution in [-0.2, 0) is 22.2 Å². The zero-order valence-corrected chi connectivity index (χ0v) is 13.2. The summed E-state index contributed by atoms with van der Waals surface area (Å²) in [5.74, 6) is -0.472. The minimum Gasteiger partial charge on any atom is -0.270 e. The van der Waals surface area contributed by atoms with E-state index in [4.69, 9.17) is 0 Å². The maximum Gasteiger partial charge on any atom is 0.239 e. The third kappa shape index (κ3) is 2.99. The lowest BCUT2D eigenvalue weighted by atomic mass is 10.0. The standard InChI is InChI=1S/C17H18FNO2S/c1-13-4-9-17-15(11-13)3-2-10-19(17)22(20,21)12-14-5-7-16(18)8-6-14/h4-9,11H,2-3,10,12H2,1H3. The highest BCUT2D eigenvalue weighted by atomic mass is 32.2. The highest BCUT2D eigenvalue weighted by molar-refractivity contribution is 7.92. The van der Waals surface area contributed by atoms with Crippen LogP contribution in [0.3, 0.4) is 0 Å². The number of hydrogen-bond acceptors (Lipinski definition) is 2. The summed E-state index contributed by atoms with van der Waals surface area (Å²) in [6.07, 6.45) is 1.72. The SMILES string of the molecule is Cc1ccc2c(c1)CCCN2S(=O)(=O)Cc1ccc(F)cc1. The summed E-state index contributed by atoms with van der Waals surface area (Å²) in [6.45, 7) is 2.51. The van der Waals surface area contributed by atoms with Crippen molar-refractivity contribution in [3.63, 3.8) is 0 Å². The summed E-state index contributed by atoms with van der Waals surface area (Å²) in [5.41, 5.74) is 3.59. The molecule has 0 N–H and O–H groups in total. The number of anilines is 1. The second-order valence-electron chi connectivity index (χ2n) is 5.69. The summed E-state index contributed by atoms with van der Waals surface area (Å²) in [7, 11) is -3.46. The van der Waals surface area contributed by atoms with Crippen molar-refractivity contribution in [1.82, 2.24) is 0 Å². The molecule has 0 radical (unpaired) electrons. The Morgan fingerprint density at radius 1 is 1.14 bits per heavy atom. The summed E-state index contributed by atoms with van der Waals surface area (Å²) in [4.78, 5) is 0. The summed E-state index contributed by atoms with van der Waals surface area (Å²) < 4.78 is 39.9. The van der Waals surface area contributed by atoms with Crippen molar-refractivity contribution in [3.8, 4) is 0 Å². The van der Waals surface area contributed by atoms with Crippen LogP contribution in [0.1, 0.15) is 23.1 Å². The van der Waals surface area contributed by atoms with E-state index in [9.17, 15) is 12.8 Å². The molecule has 0 atom stereocenters. The van der Waals surface area contributed by atoms with Gasteiger partial charge in [0.05, 0.1) is 11.4 Å². The number of nitrogens with zero attached hydrogens (tertiary/aromatic N) is 1. The van der Waals surface area contributed by atoms with Gasteiger partial charge in [0.1, 0.15) is 5.82 Å². The van der Waals surface area contributed by atoms with Crippen molar-refractivity contribution in [2.24, 2.45) is 0 Å². The molecule has 0 fully saturated rings. The van der Waals surface area contributed by atoms with Gasteiger partial charge in [-0.15, -0.1) is 0 Å². The number of hydrogen-bond donors (Lipinski definition) is 0. The van der Waals surface area contributed by atoms with Crippen molar-refractivity contribution in [2.75, 3.05) is 10.8 Å². The number of benzene rings is 2. The Labute approximate surface area is 130 Å². The van der Waals surface area contributed by atoms with Gasteiger partial charge < -0.3 is 0 Å². The first-order valence-electron chi connectivity index (χ1n) is 7.30. The van der Waals surface area contributed by atoms with Gasteiger partial charge in [-0.05, 0) is 49.1 Å². The van der Waals surface area contributed by atoms with Crippen LogP contribution in [0.15, 0.2) is 42.5 Å². The Bertz CT molecular complexity index is 785. The molecular weight excluding hydrogens is 301 g/mol. The van der Waals surface area contributed by atoms with Gasteiger partial charge in [-0.3, -0.25) is 4.31 Å². The van der Waals surface area contributed by atoms with Gasteiger partial charge in [0.15, 0.2) is 0 Å². The smallest absolute Gasteiger partial charge is 0.239 e. The maximum absolute atomic E-state index is 12.9. The van der Waals surface area contributed by atoms with Crippen LogP contribution in [0.25, 0.3) is 0 Å². The molecular formula is C17H18FNO2S. The molecule has 1 aliphatic heterocycles. The monoisotopic (exact) mass is 319 g/mol. The normalized spacial score (nSPS) is 14.7. The quantitative estimate of drug-likeness (QED) is 0.869. The second kappa shape index (κ2) is 5.72. The predicted molar refractivity (Wildman–Crippen MR) is 85.9 cm³/mol. The maximum atomic E-state index is 12.9. The van der Waals surface area contributed by atoms with Gasteiger partial charge in [-0.25, -0.2) is 12.8 Å². The van der Waals surface area contributed by atoms with Crippen molar-refractivity contribution in [2.45, 2.75) is 25.5 Å². The van der Waals surface area contributed by atoms with Gasteiger partial charge in [-0.2, -0.15) is 0 Å². The molecule has 5 heteroatoms. The third-order valence-electron chi connectivity index (χ3n) is 3.91. The van der Waals surface area contributed by atoms with E-state index in [1.54, 1.807) is 0 Å². The minimum atomic E-state index is -3.46. The van der Waals surface area contributed by atoms with Crippen LogP contribution in [0.4, 0.5) is 10.1 Å². The molecule has 22 heavy (non-hydrogen) atoms. The van der Waals surface area contributed by atoms with Crippen molar-refractivity contribution < 1.29 is 12.8 Å². The van der Waals surface area contributed by atoms with Crippen LogP contribution in [-0.4, -0.2) is 15.0 Å². The Morgan fingerprint density at radius 3 is 2.59 bits per heavy atom. The van der Waals surface area contributed by atoms with E-state index in [-0.39, 0.29) is 11.6 Å². The third-order valence-corrected chi connectivity index (χ3v) is 5.66. The van der Waals surface area contributed by atoms with Crippen LogP contribution in [0.5, 0.6) is 0 Å². The molecule has 0 aliphatic carbocycles. The Balaban J connectivity index is 1.92. The topological polar surface area (TPSA) is 37.4 Å². The predicted octanol–water partition coefficient (Wildman–Crippen LogP) is 3.42. The van der Waals surface area contributed by atoms with E-state index in [1.165, 1.54) is 28.6 Å². The van der Waals surface area contributed by atoms with E-state index < -0.39 is 10.0 Å². The number of fused-ring (bicyclic) bond motifs is 1. The van der Waals surface area contributed by atoms with E-state index in [0.717, 1.165) is 29.7 Å². The molecule has 1 aliphatic rings. The first-order chi connectivity index (χ1) is 10.5. The highest BCUT2D eigenvalue weighted by Gasteiger charge is 2.27. The Hall–Kier alpha value is -1.88. The van der Waals surface area contributed by atoms with Crippen LogP contribution in [0.2, 0.25) is 0 Å². The fourth-order valence-electron chi connectivity index (χ4n) is 2.85. The minimum absolute atomic E-state index is 0.111. The van der Waals surface area contributed by atoms with E-state index >= 15 is 0 Å².